The van der Waals surface area contributed by atoms with Crippen molar-refractivity contribution in [2.75, 3.05) is 61.9 Å². The van der Waals surface area contributed by atoms with Crippen LogP contribution in [0.4, 0.5) is 17.2 Å². The lowest BCUT2D eigenvalue weighted by Gasteiger charge is -2.36. The molecule has 0 atom stereocenters. The zero-order valence-electron chi connectivity index (χ0n) is 20.0. The third kappa shape index (κ3) is 4.76. The van der Waals surface area contributed by atoms with Gasteiger partial charge in [0, 0.05) is 76.3 Å². The number of carbonyl (C=O) groups is 1. The van der Waals surface area contributed by atoms with Crippen molar-refractivity contribution in [3.63, 3.8) is 0 Å². The molecule has 1 aliphatic heterocycles. The molecular formula is C25H26Cl2N8O. The summed E-state index contributed by atoms with van der Waals surface area (Å²) in [5.41, 5.74) is 4.30. The number of nitrogens with zero attached hydrogens (tertiary/aromatic N) is 7. The number of amides is 1. The minimum Gasteiger partial charge on any atom is -0.378 e. The van der Waals surface area contributed by atoms with Crippen molar-refractivity contribution in [2.24, 2.45) is 0 Å². The lowest BCUT2D eigenvalue weighted by atomic mass is 10.1. The molecule has 4 aromatic rings. The van der Waals surface area contributed by atoms with Crippen LogP contribution in [0, 0.1) is 0 Å². The van der Waals surface area contributed by atoms with Crippen molar-refractivity contribution < 1.29 is 4.79 Å². The molecule has 1 amide bonds. The third-order valence-electron chi connectivity index (χ3n) is 6.27. The molecule has 186 valence electrons. The molecule has 36 heavy (non-hydrogen) atoms. The molecule has 4 heterocycles. The number of nitrogens with one attached hydrogen (secondary N) is 1. The zero-order chi connectivity index (χ0) is 25.2. The molecule has 1 saturated heterocycles. The van der Waals surface area contributed by atoms with E-state index in [1.165, 1.54) is 0 Å². The van der Waals surface area contributed by atoms with Gasteiger partial charge in [-0.15, -0.1) is 0 Å². The van der Waals surface area contributed by atoms with Gasteiger partial charge in [-0.3, -0.25) is 19.2 Å². The Morgan fingerprint density at radius 3 is 2.36 bits per heavy atom. The molecule has 3 aromatic heterocycles. The zero-order valence-corrected chi connectivity index (χ0v) is 21.5. The van der Waals surface area contributed by atoms with Crippen molar-refractivity contribution in [1.82, 2.24) is 24.3 Å². The summed E-state index contributed by atoms with van der Waals surface area (Å²) in [6, 6.07) is 8.17. The van der Waals surface area contributed by atoms with E-state index in [1.54, 1.807) is 24.8 Å². The van der Waals surface area contributed by atoms with Crippen LogP contribution in [0.5, 0.6) is 0 Å². The molecule has 1 fully saturated rings. The topological polar surface area (TPSA) is 81.9 Å². The van der Waals surface area contributed by atoms with Gasteiger partial charge >= 0.3 is 0 Å². The predicted molar refractivity (Wildman–Crippen MR) is 144 cm³/mol. The van der Waals surface area contributed by atoms with Crippen LogP contribution in [0.25, 0.3) is 16.9 Å². The molecule has 5 rings (SSSR count). The smallest absolute Gasteiger partial charge is 0.242 e. The molecule has 1 N–H and O–H groups in total. The number of benzene rings is 1. The van der Waals surface area contributed by atoms with Gasteiger partial charge in [-0.25, -0.2) is 4.98 Å². The van der Waals surface area contributed by atoms with Crippen LogP contribution in [0.3, 0.4) is 0 Å². The molecule has 0 unspecified atom stereocenters. The van der Waals surface area contributed by atoms with E-state index in [1.807, 2.05) is 58.8 Å². The van der Waals surface area contributed by atoms with E-state index in [-0.39, 0.29) is 12.5 Å². The average Bonchev–Trinajstić information content (AvgIpc) is 3.26. The van der Waals surface area contributed by atoms with Crippen LogP contribution in [-0.2, 0) is 4.79 Å². The third-order valence-corrected chi connectivity index (χ3v) is 6.82. The number of carbonyl (C=O) groups excluding carboxylic acids is 1. The summed E-state index contributed by atoms with van der Waals surface area (Å²) < 4.78 is 1.92. The van der Waals surface area contributed by atoms with E-state index in [0.717, 1.165) is 28.5 Å². The van der Waals surface area contributed by atoms with Crippen molar-refractivity contribution >= 4 is 51.9 Å². The second-order valence-corrected chi connectivity index (χ2v) is 9.54. The van der Waals surface area contributed by atoms with E-state index < -0.39 is 0 Å². The molecule has 9 nitrogen and oxygen atoms in total. The maximum absolute atomic E-state index is 13.1. The number of piperazine rings is 1. The van der Waals surface area contributed by atoms with Crippen LogP contribution >= 0.6 is 23.2 Å². The maximum atomic E-state index is 13.1. The molecule has 1 aromatic carbocycles. The first-order valence-electron chi connectivity index (χ1n) is 11.6. The summed E-state index contributed by atoms with van der Waals surface area (Å²) in [6.45, 7) is 2.58. The van der Waals surface area contributed by atoms with Crippen molar-refractivity contribution in [1.29, 1.82) is 0 Å². The number of aromatic nitrogens is 4. The Bertz CT molecular complexity index is 1360. The van der Waals surface area contributed by atoms with Crippen molar-refractivity contribution in [2.45, 2.75) is 0 Å². The highest BCUT2D eigenvalue weighted by atomic mass is 35.5. The van der Waals surface area contributed by atoms with Gasteiger partial charge in [0.1, 0.15) is 11.5 Å². The lowest BCUT2D eigenvalue weighted by Crippen LogP contribution is -2.50. The summed E-state index contributed by atoms with van der Waals surface area (Å²) in [4.78, 5) is 32.1. The first-order valence-corrected chi connectivity index (χ1v) is 12.3. The van der Waals surface area contributed by atoms with Gasteiger partial charge in [-0.05, 0) is 12.1 Å². The predicted octanol–water partition coefficient (Wildman–Crippen LogP) is 3.92. The summed E-state index contributed by atoms with van der Waals surface area (Å²) >= 11 is 12.6. The van der Waals surface area contributed by atoms with Crippen LogP contribution in [-0.4, -0.2) is 77.0 Å². The van der Waals surface area contributed by atoms with Gasteiger partial charge < -0.3 is 20.0 Å². The Morgan fingerprint density at radius 1 is 1.00 bits per heavy atom. The van der Waals surface area contributed by atoms with E-state index >= 15 is 0 Å². The maximum Gasteiger partial charge on any atom is 0.242 e. The van der Waals surface area contributed by atoms with Gasteiger partial charge in [-0.1, -0.05) is 35.3 Å². The number of hydrogen-bond donors (Lipinski definition) is 1. The molecule has 0 radical (unpaired) electrons. The van der Waals surface area contributed by atoms with Crippen LogP contribution in [0.15, 0.2) is 55.2 Å². The van der Waals surface area contributed by atoms with Crippen molar-refractivity contribution in [3.05, 3.63) is 65.3 Å². The fraction of sp³-hybridized carbons (Fsp3) is 0.280. The Balaban J connectivity index is 1.30. The second kappa shape index (κ2) is 10.2. The number of hydrogen-bond acceptors (Lipinski definition) is 7. The van der Waals surface area contributed by atoms with Gasteiger partial charge in [0.2, 0.25) is 5.91 Å². The Kier molecular flexibility index (Phi) is 6.84. The van der Waals surface area contributed by atoms with Gasteiger partial charge in [-0.2, -0.15) is 0 Å². The largest absolute Gasteiger partial charge is 0.378 e. The highest BCUT2D eigenvalue weighted by Gasteiger charge is 2.24. The number of pyridine rings is 1. The quantitative estimate of drug-likeness (QED) is 0.409. The van der Waals surface area contributed by atoms with Crippen molar-refractivity contribution in [3.8, 4) is 11.3 Å². The van der Waals surface area contributed by atoms with Gasteiger partial charge in [0.05, 0.1) is 28.5 Å². The fourth-order valence-corrected chi connectivity index (χ4v) is 4.96. The van der Waals surface area contributed by atoms with Crippen LogP contribution < -0.4 is 15.1 Å². The molecular weight excluding hydrogens is 499 g/mol. The van der Waals surface area contributed by atoms with Crippen LogP contribution in [0.2, 0.25) is 10.0 Å². The fourth-order valence-electron chi connectivity index (χ4n) is 4.35. The first-order chi connectivity index (χ1) is 17.4. The summed E-state index contributed by atoms with van der Waals surface area (Å²) in [6.07, 6.45) is 8.42. The number of fused-ring (bicyclic) bond motifs is 1. The monoisotopic (exact) mass is 524 g/mol. The minimum atomic E-state index is 0.0134. The summed E-state index contributed by atoms with van der Waals surface area (Å²) in [5, 5.41) is 4.36. The summed E-state index contributed by atoms with van der Waals surface area (Å²) in [7, 11) is 4.01. The number of imidazole rings is 1. The molecule has 0 spiro atoms. The molecule has 0 bridgehead atoms. The van der Waals surface area contributed by atoms with Gasteiger partial charge in [0.15, 0.2) is 5.65 Å². The molecule has 11 heteroatoms. The Hall–Kier alpha value is -3.56. The van der Waals surface area contributed by atoms with Gasteiger partial charge in [0.25, 0.3) is 0 Å². The minimum absolute atomic E-state index is 0.0134. The Morgan fingerprint density at radius 2 is 1.69 bits per heavy atom. The molecule has 0 saturated carbocycles. The summed E-state index contributed by atoms with van der Waals surface area (Å²) in [5.74, 6) is 0.770. The first kappa shape index (κ1) is 24.1. The average molecular weight is 525 g/mol. The highest BCUT2D eigenvalue weighted by Crippen LogP contribution is 2.33. The van der Waals surface area contributed by atoms with Crippen LogP contribution in [0.1, 0.15) is 0 Å². The highest BCUT2D eigenvalue weighted by molar-refractivity contribution is 6.38. The van der Waals surface area contributed by atoms with E-state index in [2.05, 4.69) is 20.2 Å². The van der Waals surface area contributed by atoms with E-state index in [4.69, 9.17) is 28.2 Å². The second-order valence-electron chi connectivity index (χ2n) is 8.73. The molecule has 1 aliphatic rings. The SMILES string of the molecule is CN(C)c1ccc(-c2nc3cnccn3c2NCC(=O)N2CCN(c3c(Cl)cncc3Cl)CC2)cc1. The number of halogens is 2. The number of rotatable bonds is 6. The normalized spacial score (nSPS) is 13.8. The standard InChI is InChI=1S/C25H26Cl2N8O/c1-32(2)18-5-3-17(4-6-18)23-25(35-8-7-28-15-21(35)31-23)30-16-22(36)33-9-11-34(12-10-33)24-19(26)13-29-14-20(24)27/h3-8,13-15,30H,9-12,16H2,1-2H3. The lowest BCUT2D eigenvalue weighted by molar-refractivity contribution is -0.129. The van der Waals surface area contributed by atoms with E-state index in [9.17, 15) is 4.79 Å². The Labute approximate surface area is 219 Å². The van der Waals surface area contributed by atoms with E-state index in [0.29, 0.717) is 41.9 Å². The molecule has 0 aliphatic carbocycles. The number of anilines is 3.